The Hall–Kier alpha value is -3.88. The third-order valence-electron chi connectivity index (χ3n) is 7.28. The van der Waals surface area contributed by atoms with Crippen LogP contribution in [0.3, 0.4) is 0 Å². The van der Waals surface area contributed by atoms with Gasteiger partial charge in [0.05, 0.1) is 17.3 Å². The summed E-state index contributed by atoms with van der Waals surface area (Å²) in [4.78, 5) is 29.4. The first-order valence-corrected chi connectivity index (χ1v) is 12.1. The molecule has 0 spiro atoms. The molecule has 1 aliphatic heterocycles. The van der Waals surface area contributed by atoms with E-state index in [1.54, 1.807) is 28.6 Å². The zero-order chi connectivity index (χ0) is 25.1. The molecular weight excluding hydrogens is 464 g/mol. The average molecular weight is 490 g/mol. The maximum Gasteiger partial charge on any atom is 0.387 e. The summed E-state index contributed by atoms with van der Waals surface area (Å²) in [5.41, 5.74) is 5.51. The first kappa shape index (κ1) is 22.6. The number of pyridine rings is 2. The number of hydrogen-bond acceptors (Lipinski definition) is 5. The Morgan fingerprint density at radius 2 is 2.03 bits per heavy atom. The van der Waals surface area contributed by atoms with E-state index in [0.29, 0.717) is 35.0 Å². The van der Waals surface area contributed by atoms with E-state index in [2.05, 4.69) is 13.0 Å². The van der Waals surface area contributed by atoms with Crippen molar-refractivity contribution in [1.82, 2.24) is 24.4 Å². The van der Waals surface area contributed by atoms with Crippen LogP contribution < -0.4 is 4.74 Å². The van der Waals surface area contributed by atoms with Gasteiger partial charge in [-0.2, -0.15) is 8.78 Å². The molecule has 0 fully saturated rings. The van der Waals surface area contributed by atoms with Crippen LogP contribution in [0.15, 0.2) is 42.6 Å². The van der Waals surface area contributed by atoms with Crippen molar-refractivity contribution in [3.63, 3.8) is 0 Å². The summed E-state index contributed by atoms with van der Waals surface area (Å²) in [5.74, 6) is 0.614. The molecule has 36 heavy (non-hydrogen) atoms. The molecule has 7 nitrogen and oxygen atoms in total. The highest BCUT2D eigenvalue weighted by molar-refractivity contribution is 6.00. The fourth-order valence-corrected chi connectivity index (χ4v) is 5.47. The fourth-order valence-electron chi connectivity index (χ4n) is 5.47. The molecule has 2 atom stereocenters. The predicted octanol–water partition coefficient (Wildman–Crippen LogP) is 5.67. The Bertz CT molecular complexity index is 1520. The molecule has 9 heteroatoms. The van der Waals surface area contributed by atoms with Gasteiger partial charge in [-0.25, -0.2) is 9.97 Å². The number of halogens is 2. The maximum absolute atomic E-state index is 13.4. The summed E-state index contributed by atoms with van der Waals surface area (Å²) in [6.45, 7) is 1.10. The number of nitrogens with zero attached hydrogens (tertiary/aromatic N) is 5. The van der Waals surface area contributed by atoms with E-state index < -0.39 is 6.61 Å². The van der Waals surface area contributed by atoms with Gasteiger partial charge in [0.15, 0.2) is 11.4 Å². The van der Waals surface area contributed by atoms with E-state index in [-0.39, 0.29) is 28.9 Å². The van der Waals surface area contributed by atoms with Gasteiger partial charge in [-0.05, 0) is 61.1 Å². The van der Waals surface area contributed by atoms with Crippen molar-refractivity contribution in [2.24, 2.45) is 0 Å². The lowest BCUT2D eigenvalue weighted by atomic mass is 10.1. The number of para-hydroxylation sites is 1. The lowest BCUT2D eigenvalue weighted by Gasteiger charge is -2.24. The molecule has 0 radical (unpaired) electrons. The molecule has 0 bridgehead atoms. The van der Waals surface area contributed by atoms with E-state index in [4.69, 9.17) is 19.7 Å². The summed E-state index contributed by atoms with van der Waals surface area (Å²) in [6.07, 6.45) is 4.48. The second-order valence-corrected chi connectivity index (χ2v) is 9.42. The lowest BCUT2D eigenvalue weighted by Crippen LogP contribution is -2.30. The largest absolute Gasteiger partial charge is 0.433 e. The van der Waals surface area contributed by atoms with Crippen LogP contribution in [0.25, 0.3) is 28.1 Å². The van der Waals surface area contributed by atoms with Crippen LogP contribution >= 0.6 is 0 Å². The number of aromatic nitrogens is 4. The van der Waals surface area contributed by atoms with E-state index in [0.717, 1.165) is 24.1 Å². The average Bonchev–Trinajstić information content (AvgIpc) is 3.40. The van der Waals surface area contributed by atoms with Crippen LogP contribution in [0.4, 0.5) is 8.78 Å². The molecule has 3 aromatic heterocycles. The molecule has 1 amide bonds. The Labute approximate surface area is 206 Å². The number of benzene rings is 1. The van der Waals surface area contributed by atoms with E-state index >= 15 is 0 Å². The number of alkyl halides is 2. The Balaban J connectivity index is 1.62. The molecule has 1 aliphatic carbocycles. The van der Waals surface area contributed by atoms with Crippen molar-refractivity contribution < 1.29 is 18.3 Å². The van der Waals surface area contributed by atoms with Crippen molar-refractivity contribution >= 4 is 17.1 Å². The van der Waals surface area contributed by atoms with Crippen molar-refractivity contribution in [2.45, 2.75) is 51.7 Å². The summed E-state index contributed by atoms with van der Waals surface area (Å²) < 4.78 is 33.4. The third-order valence-corrected chi connectivity index (χ3v) is 7.28. The van der Waals surface area contributed by atoms with Crippen LogP contribution in [0.5, 0.6) is 5.75 Å². The second-order valence-electron chi connectivity index (χ2n) is 9.42. The molecule has 0 N–H and O–H groups in total. The normalized spacial score (nSPS) is 18.8. The first-order chi connectivity index (χ1) is 17.4. The molecule has 4 heterocycles. The molecule has 2 aliphatic rings. The molecule has 0 saturated heterocycles. The predicted molar refractivity (Wildman–Crippen MR) is 131 cm³/mol. The van der Waals surface area contributed by atoms with Crippen molar-refractivity contribution in [3.05, 3.63) is 65.2 Å². The quantitative estimate of drug-likeness (QED) is 0.369. The topological polar surface area (TPSA) is 73.1 Å². The molecule has 0 saturated carbocycles. The van der Waals surface area contributed by atoms with Crippen LogP contribution in [-0.4, -0.2) is 44.0 Å². The maximum atomic E-state index is 13.4. The smallest absolute Gasteiger partial charge is 0.387 e. The van der Waals surface area contributed by atoms with E-state index in [9.17, 15) is 13.6 Å². The fraction of sp³-hybridized carbons (Fsp3) is 0.333. The number of carbonyl (C=O) groups excluding carboxylic acids is 1. The van der Waals surface area contributed by atoms with Crippen molar-refractivity contribution in [1.29, 1.82) is 0 Å². The Morgan fingerprint density at radius 3 is 2.81 bits per heavy atom. The minimum atomic E-state index is -3.05. The number of carbonyl (C=O) groups is 1. The highest BCUT2D eigenvalue weighted by Crippen LogP contribution is 2.40. The number of imidazole rings is 1. The van der Waals surface area contributed by atoms with Gasteiger partial charge in [0.25, 0.3) is 5.91 Å². The molecule has 6 rings (SSSR count). The summed E-state index contributed by atoms with van der Waals surface area (Å²) in [5, 5.41) is 0. The number of aryl methyl sites for hydroxylation is 1. The highest BCUT2D eigenvalue weighted by atomic mass is 19.3. The minimum Gasteiger partial charge on any atom is -0.433 e. The molecule has 1 aromatic carbocycles. The second kappa shape index (κ2) is 8.36. The molecule has 1 unspecified atom stereocenters. The minimum absolute atomic E-state index is 0.0954. The standard InChI is InChI=1S/C27H25F2N5O2/c1-4-20-25-32-19-11-10-18(16-12-15-9-8-14(2)22(15)30-13-16)31-24(19)34(25)23-17(26(35)33(20)3)6-5-7-21(23)36-27(28)29/h5-7,10-14,20,27H,4,8-9H2,1-3H3/t14?,20-/m1/s1. The highest BCUT2D eigenvalue weighted by Gasteiger charge is 2.35. The van der Waals surface area contributed by atoms with Crippen LogP contribution in [0.2, 0.25) is 0 Å². The molecular formula is C27H25F2N5O2. The van der Waals surface area contributed by atoms with Crippen molar-refractivity contribution in [3.8, 4) is 22.7 Å². The van der Waals surface area contributed by atoms with Crippen LogP contribution in [-0.2, 0) is 6.42 Å². The number of hydrogen-bond donors (Lipinski definition) is 0. The van der Waals surface area contributed by atoms with Gasteiger partial charge >= 0.3 is 6.61 Å². The summed E-state index contributed by atoms with van der Waals surface area (Å²) in [7, 11) is 1.70. The number of amides is 1. The Kier molecular flexibility index (Phi) is 5.24. The SMILES string of the molecule is CC[C@@H]1c2nc3ccc(-c4cnc5c(c4)CCC5C)nc3n2-c2c(OC(F)F)cccc2C(=O)N1C. The number of fused-ring (bicyclic) bond motifs is 6. The Morgan fingerprint density at radius 1 is 1.19 bits per heavy atom. The van der Waals surface area contributed by atoms with Gasteiger partial charge in [-0.15, -0.1) is 0 Å². The monoisotopic (exact) mass is 489 g/mol. The summed E-state index contributed by atoms with van der Waals surface area (Å²) in [6, 6.07) is 10.1. The molecule has 4 aromatic rings. The van der Waals surface area contributed by atoms with Gasteiger partial charge in [-0.1, -0.05) is 19.9 Å². The van der Waals surface area contributed by atoms with Gasteiger partial charge in [0.2, 0.25) is 0 Å². The molecule has 184 valence electrons. The number of ether oxygens (including phenoxy) is 1. The van der Waals surface area contributed by atoms with Gasteiger partial charge < -0.3 is 9.64 Å². The van der Waals surface area contributed by atoms with Crippen molar-refractivity contribution in [2.75, 3.05) is 7.05 Å². The first-order valence-electron chi connectivity index (χ1n) is 12.1. The van der Waals surface area contributed by atoms with Gasteiger partial charge in [0.1, 0.15) is 17.0 Å². The zero-order valence-electron chi connectivity index (χ0n) is 20.2. The lowest BCUT2D eigenvalue weighted by molar-refractivity contribution is -0.0498. The van der Waals surface area contributed by atoms with Gasteiger partial charge in [-0.3, -0.25) is 14.3 Å². The van der Waals surface area contributed by atoms with Crippen LogP contribution in [0, 0.1) is 0 Å². The van der Waals surface area contributed by atoms with E-state index in [1.165, 1.54) is 11.6 Å². The van der Waals surface area contributed by atoms with Crippen LogP contribution in [0.1, 0.15) is 66.1 Å². The summed E-state index contributed by atoms with van der Waals surface area (Å²) >= 11 is 0. The van der Waals surface area contributed by atoms with E-state index in [1.807, 2.05) is 25.3 Å². The zero-order valence-corrected chi connectivity index (χ0v) is 20.2. The number of rotatable bonds is 4. The van der Waals surface area contributed by atoms with Gasteiger partial charge in [0, 0.05) is 24.5 Å². The third kappa shape index (κ3) is 3.37.